The number of carbonyl (C=O) groups is 5. The maximum Gasteiger partial charge on any atom is 0.407 e. The third kappa shape index (κ3) is 7.53. The van der Waals surface area contributed by atoms with Crippen molar-refractivity contribution in [3.63, 3.8) is 0 Å². The highest BCUT2D eigenvalue weighted by Crippen LogP contribution is 2.22. The molecule has 0 spiro atoms. The summed E-state index contributed by atoms with van der Waals surface area (Å²) in [7, 11) is 0. The zero-order valence-corrected chi connectivity index (χ0v) is 21.3. The van der Waals surface area contributed by atoms with E-state index < -0.39 is 11.7 Å². The van der Waals surface area contributed by atoms with Crippen LogP contribution < -0.4 is 10.6 Å². The zero-order chi connectivity index (χ0) is 26.3. The van der Waals surface area contributed by atoms with Gasteiger partial charge in [0.15, 0.2) is 0 Å². The van der Waals surface area contributed by atoms with Crippen molar-refractivity contribution < 1.29 is 28.7 Å². The Labute approximate surface area is 211 Å². The van der Waals surface area contributed by atoms with E-state index in [1.165, 1.54) is 4.90 Å². The minimum absolute atomic E-state index is 0.0123. The van der Waals surface area contributed by atoms with Gasteiger partial charge in [0.1, 0.15) is 5.60 Å². The highest BCUT2D eigenvalue weighted by Gasteiger charge is 2.34. The predicted molar refractivity (Wildman–Crippen MR) is 132 cm³/mol. The summed E-state index contributed by atoms with van der Waals surface area (Å²) < 4.78 is 5.16. The molecule has 2 N–H and O–H groups in total. The van der Waals surface area contributed by atoms with Crippen LogP contribution in [0.2, 0.25) is 0 Å². The van der Waals surface area contributed by atoms with Gasteiger partial charge in [0.05, 0.1) is 11.1 Å². The van der Waals surface area contributed by atoms with Gasteiger partial charge in [-0.15, -0.1) is 0 Å². The predicted octanol–water partition coefficient (Wildman–Crippen LogP) is 2.33. The van der Waals surface area contributed by atoms with Gasteiger partial charge in [-0.1, -0.05) is 12.1 Å². The van der Waals surface area contributed by atoms with E-state index in [1.807, 2.05) is 0 Å². The summed E-state index contributed by atoms with van der Waals surface area (Å²) >= 11 is 0. The Balaban J connectivity index is 1.27. The number of piperidine rings is 1. The van der Waals surface area contributed by atoms with Crippen LogP contribution in [0.3, 0.4) is 0 Å². The number of likely N-dealkylation sites (tertiary alicyclic amines) is 1. The number of alkyl carbamates (subject to hydrolysis) is 1. The standard InChI is InChI=1S/C26H36N4O6/c1-26(2,3)36-25(35)27-13-10-22(32)29-15-11-18(12-16-29)17-28-21(31)9-6-14-30-23(33)19-7-4-5-8-20(19)24(30)34/h4-5,7-8,18H,6,9-17H2,1-3H3,(H,27,35)(H,28,31). The average Bonchev–Trinajstić information content (AvgIpc) is 3.07. The molecule has 0 atom stereocenters. The Morgan fingerprint density at radius 2 is 1.58 bits per heavy atom. The number of hydrogen-bond acceptors (Lipinski definition) is 6. The van der Waals surface area contributed by atoms with Gasteiger partial charge in [0, 0.05) is 45.6 Å². The molecule has 2 aliphatic heterocycles. The second-order valence-corrected chi connectivity index (χ2v) is 10.2. The number of imide groups is 1. The number of amides is 5. The van der Waals surface area contributed by atoms with Crippen LogP contribution >= 0.6 is 0 Å². The monoisotopic (exact) mass is 500 g/mol. The SMILES string of the molecule is CC(C)(C)OC(=O)NCCC(=O)N1CCC(CNC(=O)CCCN2C(=O)c3ccccc3C2=O)CC1. The number of nitrogens with zero attached hydrogens (tertiary/aromatic N) is 2. The third-order valence-electron chi connectivity index (χ3n) is 6.23. The van der Waals surface area contributed by atoms with Gasteiger partial charge in [0.2, 0.25) is 11.8 Å². The van der Waals surface area contributed by atoms with Gasteiger partial charge < -0.3 is 20.3 Å². The van der Waals surface area contributed by atoms with Gasteiger partial charge in [-0.05, 0) is 58.1 Å². The number of nitrogens with one attached hydrogen (secondary N) is 2. The van der Waals surface area contributed by atoms with Crippen LogP contribution in [0, 0.1) is 5.92 Å². The molecule has 1 fully saturated rings. The number of rotatable bonds is 9. The molecular weight excluding hydrogens is 464 g/mol. The molecule has 0 radical (unpaired) electrons. The topological polar surface area (TPSA) is 125 Å². The van der Waals surface area contributed by atoms with E-state index >= 15 is 0 Å². The van der Waals surface area contributed by atoms with E-state index in [1.54, 1.807) is 49.9 Å². The highest BCUT2D eigenvalue weighted by molar-refractivity contribution is 6.21. The highest BCUT2D eigenvalue weighted by atomic mass is 16.6. The molecule has 10 nitrogen and oxygen atoms in total. The van der Waals surface area contributed by atoms with Crippen LogP contribution in [0.15, 0.2) is 24.3 Å². The Morgan fingerprint density at radius 1 is 0.972 bits per heavy atom. The first-order chi connectivity index (χ1) is 17.0. The molecule has 1 saturated heterocycles. The van der Waals surface area contributed by atoms with Crippen molar-refractivity contribution in [3.05, 3.63) is 35.4 Å². The van der Waals surface area contributed by atoms with Crippen molar-refractivity contribution in [2.24, 2.45) is 5.92 Å². The van der Waals surface area contributed by atoms with Gasteiger partial charge >= 0.3 is 6.09 Å². The lowest BCUT2D eigenvalue weighted by molar-refractivity contribution is -0.132. The first-order valence-corrected chi connectivity index (χ1v) is 12.5. The minimum Gasteiger partial charge on any atom is -0.444 e. The Morgan fingerprint density at radius 3 is 2.17 bits per heavy atom. The maximum atomic E-state index is 12.4. The summed E-state index contributed by atoms with van der Waals surface area (Å²) in [5.74, 6) is -0.454. The number of hydrogen-bond donors (Lipinski definition) is 2. The van der Waals surface area contributed by atoms with Crippen molar-refractivity contribution in [2.45, 2.75) is 58.5 Å². The van der Waals surface area contributed by atoms with Crippen molar-refractivity contribution in [2.75, 3.05) is 32.7 Å². The number of ether oxygens (including phenoxy) is 1. The molecule has 36 heavy (non-hydrogen) atoms. The van der Waals surface area contributed by atoms with E-state index in [2.05, 4.69) is 10.6 Å². The van der Waals surface area contributed by atoms with Gasteiger partial charge in [-0.2, -0.15) is 0 Å². The summed E-state index contributed by atoms with van der Waals surface area (Å²) in [6.45, 7) is 7.55. The molecule has 5 amide bonds. The second-order valence-electron chi connectivity index (χ2n) is 10.2. The summed E-state index contributed by atoms with van der Waals surface area (Å²) in [4.78, 5) is 64.1. The fourth-order valence-electron chi connectivity index (χ4n) is 4.32. The van der Waals surface area contributed by atoms with E-state index in [4.69, 9.17) is 4.74 Å². The van der Waals surface area contributed by atoms with Crippen molar-refractivity contribution in [3.8, 4) is 0 Å². The molecule has 2 heterocycles. The van der Waals surface area contributed by atoms with Crippen LogP contribution in [0.1, 0.15) is 73.6 Å². The Kier molecular flexibility index (Phi) is 9.06. The molecule has 2 aliphatic rings. The van der Waals surface area contributed by atoms with Crippen LogP contribution in [-0.4, -0.2) is 77.8 Å². The van der Waals surface area contributed by atoms with E-state index in [-0.39, 0.29) is 55.5 Å². The average molecular weight is 501 g/mol. The van der Waals surface area contributed by atoms with Crippen LogP contribution in [0.4, 0.5) is 4.79 Å². The van der Waals surface area contributed by atoms with E-state index in [0.717, 1.165) is 12.8 Å². The number of fused-ring (bicyclic) bond motifs is 1. The van der Waals surface area contributed by atoms with Gasteiger partial charge in [0.25, 0.3) is 11.8 Å². The lowest BCUT2D eigenvalue weighted by Crippen LogP contribution is -2.42. The molecule has 0 saturated carbocycles. The van der Waals surface area contributed by atoms with Crippen LogP contribution in [-0.2, 0) is 14.3 Å². The van der Waals surface area contributed by atoms with E-state index in [9.17, 15) is 24.0 Å². The van der Waals surface area contributed by atoms with Gasteiger partial charge in [-0.25, -0.2) is 4.79 Å². The lowest BCUT2D eigenvalue weighted by Gasteiger charge is -2.32. The Hall–Kier alpha value is -3.43. The molecular formula is C26H36N4O6. The summed E-state index contributed by atoms with van der Waals surface area (Å²) in [5, 5.41) is 5.53. The first-order valence-electron chi connectivity index (χ1n) is 12.5. The molecule has 0 aliphatic carbocycles. The van der Waals surface area contributed by atoms with E-state index in [0.29, 0.717) is 37.2 Å². The van der Waals surface area contributed by atoms with Crippen molar-refractivity contribution in [1.82, 2.24) is 20.4 Å². The molecule has 196 valence electrons. The molecule has 1 aromatic carbocycles. The fraction of sp³-hybridized carbons (Fsp3) is 0.577. The minimum atomic E-state index is -0.579. The van der Waals surface area contributed by atoms with Crippen molar-refractivity contribution in [1.29, 1.82) is 0 Å². The normalized spacial score (nSPS) is 16.1. The maximum absolute atomic E-state index is 12.4. The Bertz CT molecular complexity index is 959. The molecule has 0 aromatic heterocycles. The smallest absolute Gasteiger partial charge is 0.407 e. The quantitative estimate of drug-likeness (QED) is 0.502. The largest absolute Gasteiger partial charge is 0.444 e. The molecule has 0 unspecified atom stereocenters. The fourth-order valence-corrected chi connectivity index (χ4v) is 4.32. The lowest BCUT2D eigenvalue weighted by atomic mass is 9.96. The number of benzene rings is 1. The molecule has 1 aromatic rings. The molecule has 3 rings (SSSR count). The van der Waals surface area contributed by atoms with Gasteiger partial charge in [-0.3, -0.25) is 24.1 Å². The second kappa shape index (κ2) is 12.0. The van der Waals surface area contributed by atoms with Crippen molar-refractivity contribution >= 4 is 29.7 Å². The summed E-state index contributed by atoms with van der Waals surface area (Å²) in [5.41, 5.74) is 0.247. The van der Waals surface area contributed by atoms with Crippen LogP contribution in [0.5, 0.6) is 0 Å². The first kappa shape index (κ1) is 27.2. The summed E-state index contributed by atoms with van der Waals surface area (Å²) in [6, 6.07) is 6.74. The third-order valence-corrected chi connectivity index (χ3v) is 6.23. The zero-order valence-electron chi connectivity index (χ0n) is 21.3. The van der Waals surface area contributed by atoms with Crippen LogP contribution in [0.25, 0.3) is 0 Å². The molecule has 10 heteroatoms. The summed E-state index contributed by atoms with van der Waals surface area (Å²) in [6.07, 6.45) is 1.90. The number of carbonyl (C=O) groups excluding carboxylic acids is 5. The molecule has 0 bridgehead atoms.